The van der Waals surface area contributed by atoms with Gasteiger partial charge in [-0.3, -0.25) is 4.79 Å². The maximum Gasteiger partial charge on any atom is 0.243 e. The van der Waals surface area contributed by atoms with Gasteiger partial charge in [-0.2, -0.15) is 5.10 Å². The van der Waals surface area contributed by atoms with Crippen LogP contribution < -0.4 is 4.74 Å². The quantitative estimate of drug-likeness (QED) is 0.860. The third-order valence-corrected chi connectivity index (χ3v) is 4.72. The Hall–Kier alpha value is -2.14. The second kappa shape index (κ2) is 6.32. The molecule has 1 amide bonds. The van der Waals surface area contributed by atoms with Crippen LogP contribution in [-0.4, -0.2) is 23.7 Å². The standard InChI is InChI=1S/C17H18N2O2S/c1-3-17(20)19-15(16-8-5-9-22-16)11-14(18-19)12-6-4-7-13(10-12)21-2/h4-10,15H,3,11H2,1-2H3/t15-/m1/s1. The number of nitrogens with zero attached hydrogens (tertiary/aromatic N) is 2. The van der Waals surface area contributed by atoms with E-state index in [1.54, 1.807) is 23.5 Å². The first-order valence-corrected chi connectivity index (χ1v) is 8.18. The molecule has 3 rings (SSSR count). The normalized spacial score (nSPS) is 17.5. The highest BCUT2D eigenvalue weighted by molar-refractivity contribution is 7.10. The van der Waals surface area contributed by atoms with E-state index < -0.39 is 0 Å². The first-order chi connectivity index (χ1) is 10.7. The van der Waals surface area contributed by atoms with Crippen molar-refractivity contribution in [1.82, 2.24) is 5.01 Å². The molecular weight excluding hydrogens is 296 g/mol. The monoisotopic (exact) mass is 314 g/mol. The van der Waals surface area contributed by atoms with E-state index in [0.717, 1.165) is 23.4 Å². The minimum Gasteiger partial charge on any atom is -0.497 e. The van der Waals surface area contributed by atoms with Crippen molar-refractivity contribution in [3.05, 3.63) is 52.2 Å². The van der Waals surface area contributed by atoms with Crippen LogP contribution >= 0.6 is 11.3 Å². The lowest BCUT2D eigenvalue weighted by atomic mass is 10.0. The number of carbonyl (C=O) groups is 1. The highest BCUT2D eigenvalue weighted by Crippen LogP contribution is 2.35. The average Bonchev–Trinajstić information content (AvgIpc) is 3.23. The van der Waals surface area contributed by atoms with Crippen LogP contribution in [0.15, 0.2) is 46.9 Å². The molecule has 0 spiro atoms. The summed E-state index contributed by atoms with van der Waals surface area (Å²) < 4.78 is 5.28. The van der Waals surface area contributed by atoms with Gasteiger partial charge in [-0.05, 0) is 23.6 Å². The van der Waals surface area contributed by atoms with Crippen LogP contribution in [0.3, 0.4) is 0 Å². The Balaban J connectivity index is 1.94. The number of hydrogen-bond donors (Lipinski definition) is 0. The van der Waals surface area contributed by atoms with Crippen molar-refractivity contribution in [3.63, 3.8) is 0 Å². The predicted molar refractivity (Wildman–Crippen MR) is 88.3 cm³/mol. The molecule has 0 fully saturated rings. The number of hydrazone groups is 1. The molecule has 1 aromatic carbocycles. The second-order valence-corrected chi connectivity index (χ2v) is 6.09. The molecule has 0 aliphatic carbocycles. The first-order valence-electron chi connectivity index (χ1n) is 7.30. The number of rotatable bonds is 4. The van der Waals surface area contributed by atoms with Crippen molar-refractivity contribution in [2.24, 2.45) is 5.10 Å². The minimum atomic E-state index is 0.00801. The summed E-state index contributed by atoms with van der Waals surface area (Å²) in [5.74, 6) is 0.851. The molecule has 5 heteroatoms. The summed E-state index contributed by atoms with van der Waals surface area (Å²) in [5.41, 5.74) is 1.94. The zero-order chi connectivity index (χ0) is 15.5. The Morgan fingerprint density at radius 2 is 2.27 bits per heavy atom. The van der Waals surface area contributed by atoms with Gasteiger partial charge in [0.25, 0.3) is 0 Å². The molecule has 114 valence electrons. The van der Waals surface area contributed by atoms with Gasteiger partial charge in [0.05, 0.1) is 18.9 Å². The van der Waals surface area contributed by atoms with Crippen molar-refractivity contribution in [2.45, 2.75) is 25.8 Å². The molecule has 0 radical (unpaired) electrons. The zero-order valence-corrected chi connectivity index (χ0v) is 13.5. The van der Waals surface area contributed by atoms with E-state index in [-0.39, 0.29) is 11.9 Å². The second-order valence-electron chi connectivity index (χ2n) is 5.11. The van der Waals surface area contributed by atoms with Gasteiger partial charge in [-0.15, -0.1) is 11.3 Å². The Bertz CT molecular complexity index is 694. The maximum absolute atomic E-state index is 12.2. The van der Waals surface area contributed by atoms with Crippen LogP contribution in [0.5, 0.6) is 5.75 Å². The van der Waals surface area contributed by atoms with Crippen LogP contribution in [0.25, 0.3) is 0 Å². The van der Waals surface area contributed by atoms with Gasteiger partial charge in [0.15, 0.2) is 0 Å². The lowest BCUT2D eigenvalue weighted by Crippen LogP contribution is -2.25. The maximum atomic E-state index is 12.2. The average molecular weight is 314 g/mol. The van der Waals surface area contributed by atoms with E-state index in [9.17, 15) is 4.79 Å². The van der Waals surface area contributed by atoms with Gasteiger partial charge >= 0.3 is 0 Å². The molecule has 0 N–H and O–H groups in total. The van der Waals surface area contributed by atoms with E-state index in [1.807, 2.05) is 42.6 Å². The van der Waals surface area contributed by atoms with E-state index in [1.165, 1.54) is 4.88 Å². The van der Waals surface area contributed by atoms with Gasteiger partial charge in [-0.25, -0.2) is 5.01 Å². The van der Waals surface area contributed by atoms with Gasteiger partial charge in [-0.1, -0.05) is 25.1 Å². The van der Waals surface area contributed by atoms with Crippen molar-refractivity contribution in [3.8, 4) is 5.75 Å². The number of amides is 1. The van der Waals surface area contributed by atoms with Crippen LogP contribution in [0.1, 0.15) is 36.2 Å². The number of benzene rings is 1. The highest BCUT2D eigenvalue weighted by atomic mass is 32.1. The summed E-state index contributed by atoms with van der Waals surface area (Å²) in [7, 11) is 1.65. The minimum absolute atomic E-state index is 0.00801. The Labute approximate surface area is 134 Å². The van der Waals surface area contributed by atoms with Gasteiger partial charge in [0.2, 0.25) is 5.91 Å². The third-order valence-electron chi connectivity index (χ3n) is 3.74. The Morgan fingerprint density at radius 1 is 1.41 bits per heavy atom. The molecule has 0 saturated carbocycles. The van der Waals surface area contributed by atoms with Gasteiger partial charge < -0.3 is 4.74 Å². The first kappa shape index (κ1) is 14.8. The molecule has 22 heavy (non-hydrogen) atoms. The number of ether oxygens (including phenoxy) is 1. The van der Waals surface area contributed by atoms with Crippen LogP contribution in [0.4, 0.5) is 0 Å². The fraction of sp³-hybridized carbons (Fsp3) is 0.294. The summed E-state index contributed by atoms with van der Waals surface area (Å²) in [6.45, 7) is 1.87. The topological polar surface area (TPSA) is 41.9 Å². The molecular formula is C17H18N2O2S. The Kier molecular flexibility index (Phi) is 4.24. The van der Waals surface area contributed by atoms with Crippen LogP contribution in [-0.2, 0) is 4.79 Å². The summed E-state index contributed by atoms with van der Waals surface area (Å²) >= 11 is 1.66. The fourth-order valence-electron chi connectivity index (χ4n) is 2.58. The number of carbonyl (C=O) groups excluding carboxylic acids is 1. The summed E-state index contributed by atoms with van der Waals surface area (Å²) in [5, 5.41) is 8.27. The van der Waals surface area contributed by atoms with Crippen molar-refractivity contribution in [2.75, 3.05) is 7.11 Å². The molecule has 1 aliphatic heterocycles. The molecule has 2 heterocycles. The summed E-state index contributed by atoms with van der Waals surface area (Å²) in [4.78, 5) is 13.4. The molecule has 0 saturated heterocycles. The van der Waals surface area contributed by atoms with Gasteiger partial charge in [0.1, 0.15) is 5.75 Å². The number of hydrogen-bond acceptors (Lipinski definition) is 4. The van der Waals surface area contributed by atoms with Crippen molar-refractivity contribution < 1.29 is 9.53 Å². The SMILES string of the molecule is CCC(=O)N1N=C(c2cccc(OC)c2)C[C@@H]1c1cccs1. The third kappa shape index (κ3) is 2.76. The van der Waals surface area contributed by atoms with E-state index in [0.29, 0.717) is 6.42 Å². The predicted octanol–water partition coefficient (Wildman–Crippen LogP) is 3.84. The molecule has 1 atom stereocenters. The molecule has 1 aromatic heterocycles. The number of thiophene rings is 1. The smallest absolute Gasteiger partial charge is 0.243 e. The molecule has 0 unspecified atom stereocenters. The lowest BCUT2D eigenvalue weighted by Gasteiger charge is -2.19. The van der Waals surface area contributed by atoms with E-state index in [2.05, 4.69) is 11.2 Å². The van der Waals surface area contributed by atoms with E-state index >= 15 is 0 Å². The van der Waals surface area contributed by atoms with Crippen LogP contribution in [0.2, 0.25) is 0 Å². The fourth-order valence-corrected chi connectivity index (χ4v) is 3.39. The van der Waals surface area contributed by atoms with Gasteiger partial charge in [0, 0.05) is 23.3 Å². The number of methoxy groups -OCH3 is 1. The van der Waals surface area contributed by atoms with E-state index in [4.69, 9.17) is 4.74 Å². The molecule has 1 aliphatic rings. The lowest BCUT2D eigenvalue weighted by molar-refractivity contribution is -0.132. The summed E-state index contributed by atoms with van der Waals surface area (Å²) in [6.07, 6.45) is 1.19. The van der Waals surface area contributed by atoms with Crippen molar-refractivity contribution >= 4 is 23.0 Å². The molecule has 4 nitrogen and oxygen atoms in total. The Morgan fingerprint density at radius 3 is 2.95 bits per heavy atom. The summed E-state index contributed by atoms with van der Waals surface area (Å²) in [6, 6.07) is 11.9. The molecule has 0 bridgehead atoms. The van der Waals surface area contributed by atoms with Crippen molar-refractivity contribution in [1.29, 1.82) is 0 Å². The zero-order valence-electron chi connectivity index (χ0n) is 12.7. The highest BCUT2D eigenvalue weighted by Gasteiger charge is 2.32. The molecule has 2 aromatic rings. The van der Waals surface area contributed by atoms with Crippen LogP contribution in [0, 0.1) is 0 Å². The largest absolute Gasteiger partial charge is 0.497 e.